The van der Waals surface area contributed by atoms with Crippen LogP contribution < -0.4 is 14.8 Å². The first-order valence-electron chi connectivity index (χ1n) is 10.4. The molecule has 0 aromatic carbocycles. The molecule has 0 saturated heterocycles. The van der Waals surface area contributed by atoms with Gasteiger partial charge in [-0.25, -0.2) is 22.9 Å². The van der Waals surface area contributed by atoms with Crippen LogP contribution in [0, 0.1) is 0 Å². The van der Waals surface area contributed by atoms with Gasteiger partial charge in [-0.3, -0.25) is 5.32 Å². The lowest BCUT2D eigenvalue weighted by Gasteiger charge is -2.38. The highest BCUT2D eigenvalue weighted by Crippen LogP contribution is 2.37. The van der Waals surface area contributed by atoms with Gasteiger partial charge in [-0.15, -0.1) is 0 Å². The molecule has 0 fully saturated rings. The largest absolute Gasteiger partial charge is 0.480 e. The Morgan fingerprint density at radius 2 is 1.85 bits per heavy atom. The molecular weight excluding hydrogens is 446 g/mol. The van der Waals surface area contributed by atoms with Gasteiger partial charge in [0, 0.05) is 30.0 Å². The Morgan fingerprint density at radius 3 is 2.39 bits per heavy atom. The predicted octanol–water partition coefficient (Wildman–Crippen LogP) is 2.89. The summed E-state index contributed by atoms with van der Waals surface area (Å²) in [5.74, 6) is 1.27. The lowest BCUT2D eigenvalue weighted by atomic mass is 10.0. The van der Waals surface area contributed by atoms with Gasteiger partial charge in [0.15, 0.2) is 0 Å². The maximum Gasteiger partial charge on any atom is 0.410 e. The van der Waals surface area contributed by atoms with E-state index in [4.69, 9.17) is 4.74 Å². The molecule has 1 aromatic heterocycles. The molecule has 0 unspecified atom stereocenters. The molecule has 0 aliphatic carbocycles. The van der Waals surface area contributed by atoms with Gasteiger partial charge in [0.1, 0.15) is 16.5 Å². The maximum absolute atomic E-state index is 13.0. The summed E-state index contributed by atoms with van der Waals surface area (Å²) in [6.45, 7) is 11.6. The first-order chi connectivity index (χ1) is 15.1. The normalized spacial score (nSPS) is 16.6. The average molecular weight is 478 g/mol. The van der Waals surface area contributed by atoms with Gasteiger partial charge in [-0.05, 0) is 64.8 Å². The molecule has 3 heterocycles. The SMILES string of the molecule is COc1ncc(C2=CC=C3N(C=C(NC(=O)O)N3C(C)(C)C)C2)cc1S(=O)(=O)NC(C)(C)C. The fourth-order valence-corrected chi connectivity index (χ4v) is 5.30. The number of rotatable bonds is 5. The van der Waals surface area contributed by atoms with Crippen molar-refractivity contribution in [2.45, 2.75) is 57.5 Å². The third kappa shape index (κ3) is 5.31. The molecule has 0 saturated carbocycles. The van der Waals surface area contributed by atoms with Gasteiger partial charge in [0.25, 0.3) is 0 Å². The molecule has 0 spiro atoms. The van der Waals surface area contributed by atoms with Gasteiger partial charge in [0.05, 0.1) is 7.11 Å². The predicted molar refractivity (Wildman–Crippen MR) is 124 cm³/mol. The number of amides is 1. The van der Waals surface area contributed by atoms with Crippen molar-refractivity contribution in [3.8, 4) is 5.88 Å². The van der Waals surface area contributed by atoms with E-state index in [-0.39, 0.29) is 16.3 Å². The Hall–Kier alpha value is -3.05. The van der Waals surface area contributed by atoms with Crippen molar-refractivity contribution in [2.24, 2.45) is 0 Å². The Balaban J connectivity index is 2.01. The second kappa shape index (κ2) is 8.38. The van der Waals surface area contributed by atoms with Crippen LogP contribution in [-0.4, -0.2) is 59.1 Å². The van der Waals surface area contributed by atoms with Crippen molar-refractivity contribution in [3.05, 3.63) is 47.8 Å². The third-order valence-corrected chi connectivity index (χ3v) is 6.59. The summed E-state index contributed by atoms with van der Waals surface area (Å²) in [4.78, 5) is 19.3. The first-order valence-corrected chi connectivity index (χ1v) is 11.9. The van der Waals surface area contributed by atoms with Gasteiger partial charge in [0.2, 0.25) is 15.9 Å². The van der Waals surface area contributed by atoms with E-state index in [1.807, 2.05) is 42.7 Å². The molecule has 10 nitrogen and oxygen atoms in total. The molecule has 2 aliphatic rings. The summed E-state index contributed by atoms with van der Waals surface area (Å²) in [5, 5.41) is 11.7. The summed E-state index contributed by atoms with van der Waals surface area (Å²) in [7, 11) is -2.50. The topological polar surface area (TPSA) is 124 Å². The average Bonchev–Trinajstić information content (AvgIpc) is 3.02. The Kier molecular flexibility index (Phi) is 6.24. The van der Waals surface area contributed by atoms with Crippen LogP contribution in [0.1, 0.15) is 47.1 Å². The number of sulfonamides is 1. The standard InChI is InChI=1S/C22H31N5O5S/c1-21(2,3)25-33(30,31)16-10-15(11-23-19(16)32-7)14-8-9-18-26(12-14)13-17(24-20(28)29)27(18)22(4,5)6/h8-11,13,24-25H,12H2,1-7H3,(H,28,29). The number of pyridine rings is 1. The molecule has 180 valence electrons. The van der Waals surface area contributed by atoms with E-state index < -0.39 is 21.7 Å². The highest BCUT2D eigenvalue weighted by atomic mass is 32.2. The molecule has 3 N–H and O–H groups in total. The van der Waals surface area contributed by atoms with Crippen LogP contribution in [0.4, 0.5) is 4.79 Å². The number of nitrogens with zero attached hydrogens (tertiary/aromatic N) is 3. The molecule has 33 heavy (non-hydrogen) atoms. The minimum atomic E-state index is -3.88. The van der Waals surface area contributed by atoms with Crippen molar-refractivity contribution in [2.75, 3.05) is 13.7 Å². The molecule has 1 aromatic rings. The quantitative estimate of drug-likeness (QED) is 0.591. The van der Waals surface area contributed by atoms with Crippen LogP contribution in [0.25, 0.3) is 5.57 Å². The number of hydrogen-bond acceptors (Lipinski definition) is 7. The van der Waals surface area contributed by atoms with Crippen LogP contribution in [0.3, 0.4) is 0 Å². The number of fused-ring (bicyclic) bond motifs is 1. The van der Waals surface area contributed by atoms with Crippen LogP contribution in [0.5, 0.6) is 5.88 Å². The number of allylic oxidation sites excluding steroid dienone is 2. The van der Waals surface area contributed by atoms with Crippen LogP contribution in [0.15, 0.2) is 47.2 Å². The van der Waals surface area contributed by atoms with Crippen molar-refractivity contribution in [1.82, 2.24) is 24.8 Å². The Bertz CT molecular complexity index is 1160. The van der Waals surface area contributed by atoms with E-state index in [0.29, 0.717) is 17.9 Å². The fraction of sp³-hybridized carbons (Fsp3) is 0.455. The van der Waals surface area contributed by atoms with E-state index in [9.17, 15) is 18.3 Å². The highest BCUT2D eigenvalue weighted by molar-refractivity contribution is 7.89. The number of nitrogens with one attached hydrogen (secondary N) is 2. The van der Waals surface area contributed by atoms with Crippen LogP contribution >= 0.6 is 0 Å². The van der Waals surface area contributed by atoms with Crippen molar-refractivity contribution >= 4 is 21.7 Å². The number of ether oxygens (including phenoxy) is 1. The lowest BCUT2D eigenvalue weighted by Crippen LogP contribution is -2.44. The van der Waals surface area contributed by atoms with Crippen LogP contribution in [-0.2, 0) is 10.0 Å². The number of hydrogen-bond donors (Lipinski definition) is 3. The lowest BCUT2D eigenvalue weighted by molar-refractivity contribution is 0.179. The molecule has 11 heteroatoms. The smallest absolute Gasteiger partial charge is 0.410 e. The van der Waals surface area contributed by atoms with Gasteiger partial charge < -0.3 is 19.6 Å². The molecule has 2 aliphatic heterocycles. The summed E-state index contributed by atoms with van der Waals surface area (Å²) < 4.78 is 33.8. The number of methoxy groups -OCH3 is 1. The summed E-state index contributed by atoms with van der Waals surface area (Å²) in [5.41, 5.74) is 0.395. The van der Waals surface area contributed by atoms with Crippen molar-refractivity contribution in [3.63, 3.8) is 0 Å². The molecule has 0 atom stereocenters. The first kappa shape index (κ1) is 24.6. The maximum atomic E-state index is 13.0. The third-order valence-electron chi connectivity index (χ3n) is 4.83. The Labute approximate surface area is 194 Å². The summed E-state index contributed by atoms with van der Waals surface area (Å²) in [6, 6.07) is 1.54. The van der Waals surface area contributed by atoms with E-state index in [2.05, 4.69) is 15.0 Å². The zero-order valence-electron chi connectivity index (χ0n) is 19.9. The van der Waals surface area contributed by atoms with E-state index in [1.165, 1.54) is 7.11 Å². The zero-order chi connectivity index (χ0) is 24.8. The van der Waals surface area contributed by atoms with E-state index in [0.717, 1.165) is 11.4 Å². The fourth-order valence-electron chi connectivity index (χ4n) is 3.73. The summed E-state index contributed by atoms with van der Waals surface area (Å²) >= 11 is 0. The summed E-state index contributed by atoms with van der Waals surface area (Å²) in [6.07, 6.45) is 5.91. The monoisotopic (exact) mass is 477 g/mol. The second-order valence-electron chi connectivity index (χ2n) is 9.88. The minimum Gasteiger partial charge on any atom is -0.480 e. The molecule has 0 bridgehead atoms. The van der Waals surface area contributed by atoms with Gasteiger partial charge >= 0.3 is 6.09 Å². The molecule has 3 rings (SSSR count). The van der Waals surface area contributed by atoms with Crippen molar-refractivity contribution < 1.29 is 23.1 Å². The Morgan fingerprint density at radius 1 is 1.18 bits per heavy atom. The van der Waals surface area contributed by atoms with E-state index in [1.54, 1.807) is 39.2 Å². The van der Waals surface area contributed by atoms with Crippen LogP contribution in [0.2, 0.25) is 0 Å². The van der Waals surface area contributed by atoms with Gasteiger partial charge in [-0.2, -0.15) is 0 Å². The number of carbonyl (C=O) groups is 1. The number of carboxylic acid groups (broad SMARTS) is 1. The molecule has 1 amide bonds. The van der Waals surface area contributed by atoms with E-state index >= 15 is 0 Å². The highest BCUT2D eigenvalue weighted by Gasteiger charge is 2.37. The minimum absolute atomic E-state index is 0.0102. The van der Waals surface area contributed by atoms with Crippen molar-refractivity contribution in [1.29, 1.82) is 0 Å². The second-order valence-corrected chi connectivity index (χ2v) is 11.5. The molecular formula is C22H31N5O5S. The number of aromatic nitrogens is 1. The zero-order valence-corrected chi connectivity index (χ0v) is 20.7. The van der Waals surface area contributed by atoms with Gasteiger partial charge in [-0.1, -0.05) is 6.08 Å². The molecule has 0 radical (unpaired) electrons.